The lowest BCUT2D eigenvalue weighted by atomic mass is 9.89. The summed E-state index contributed by atoms with van der Waals surface area (Å²) in [7, 11) is 0. The van der Waals surface area contributed by atoms with Crippen LogP contribution in [0.2, 0.25) is 0 Å². The predicted molar refractivity (Wildman–Crippen MR) is 69.2 cm³/mol. The van der Waals surface area contributed by atoms with Crippen molar-refractivity contribution in [1.29, 1.82) is 0 Å². The lowest BCUT2D eigenvalue weighted by Gasteiger charge is -2.20. The highest BCUT2D eigenvalue weighted by Gasteiger charge is 2.38. The third kappa shape index (κ3) is 2.60. The van der Waals surface area contributed by atoms with E-state index in [-0.39, 0.29) is 5.91 Å². The summed E-state index contributed by atoms with van der Waals surface area (Å²) in [5.41, 5.74) is 9.37. The number of amides is 1. The van der Waals surface area contributed by atoms with Crippen LogP contribution in [0.3, 0.4) is 0 Å². The molecule has 5 N–H and O–H groups in total. The van der Waals surface area contributed by atoms with Crippen LogP contribution in [0.4, 0.5) is 5.69 Å². The average Bonchev–Trinajstić information content (AvgIpc) is 2.72. The third-order valence-corrected chi connectivity index (χ3v) is 3.52. The summed E-state index contributed by atoms with van der Waals surface area (Å²) in [5, 5.41) is 0. The Morgan fingerprint density at radius 2 is 2.44 bits per heavy atom. The van der Waals surface area contributed by atoms with Gasteiger partial charge >= 0.3 is 0 Å². The molecule has 6 nitrogen and oxygen atoms in total. The second-order valence-corrected chi connectivity index (χ2v) is 5.07. The van der Waals surface area contributed by atoms with Gasteiger partial charge in [-0.3, -0.25) is 20.5 Å². The number of anilines is 1. The van der Waals surface area contributed by atoms with Crippen LogP contribution >= 0.6 is 0 Å². The normalized spacial score (nSPS) is 24.1. The average molecular weight is 249 g/mol. The molecular weight excluding hydrogens is 230 g/mol. The van der Waals surface area contributed by atoms with Gasteiger partial charge in [-0.1, -0.05) is 0 Å². The molecule has 1 amide bonds. The summed E-state index contributed by atoms with van der Waals surface area (Å²) >= 11 is 0. The van der Waals surface area contributed by atoms with Crippen LogP contribution in [0.5, 0.6) is 0 Å². The summed E-state index contributed by atoms with van der Waals surface area (Å²) in [6.07, 6.45) is 2.52. The van der Waals surface area contributed by atoms with Crippen molar-refractivity contribution >= 4 is 11.6 Å². The Labute approximate surface area is 106 Å². The summed E-state index contributed by atoms with van der Waals surface area (Å²) in [5.74, 6) is 5.13. The molecule has 1 unspecified atom stereocenters. The number of nitrogens with two attached hydrogens (primary N) is 2. The molecule has 0 saturated carbocycles. The molecule has 1 aliphatic heterocycles. The zero-order valence-corrected chi connectivity index (χ0v) is 10.5. The zero-order chi connectivity index (χ0) is 13.2. The lowest BCUT2D eigenvalue weighted by Crippen LogP contribution is -2.37. The maximum atomic E-state index is 11.4. The van der Waals surface area contributed by atoms with Gasteiger partial charge in [-0.15, -0.1) is 0 Å². The minimum Gasteiger partial charge on any atom is -0.369 e. The Balaban J connectivity index is 2.01. The van der Waals surface area contributed by atoms with Gasteiger partial charge in [0.05, 0.1) is 16.8 Å². The van der Waals surface area contributed by atoms with Crippen molar-refractivity contribution < 1.29 is 4.79 Å². The Hall–Kier alpha value is -1.66. The minimum atomic E-state index is -0.413. The summed E-state index contributed by atoms with van der Waals surface area (Å²) < 4.78 is 0. The van der Waals surface area contributed by atoms with E-state index in [1.54, 1.807) is 12.3 Å². The van der Waals surface area contributed by atoms with E-state index in [0.717, 1.165) is 24.3 Å². The number of nitrogen functional groups attached to an aromatic ring is 1. The van der Waals surface area contributed by atoms with Crippen LogP contribution in [0.25, 0.3) is 0 Å². The van der Waals surface area contributed by atoms with Crippen molar-refractivity contribution in [2.24, 2.45) is 17.0 Å². The molecule has 1 saturated heterocycles. The molecule has 0 aromatic carbocycles. The first kappa shape index (κ1) is 12.8. The lowest BCUT2D eigenvalue weighted by molar-refractivity contribution is -0.126. The number of nitrogens with zero attached hydrogens (tertiary/aromatic N) is 2. The van der Waals surface area contributed by atoms with E-state index in [9.17, 15) is 4.79 Å². The molecule has 0 aliphatic carbocycles. The van der Waals surface area contributed by atoms with Gasteiger partial charge in [0, 0.05) is 19.3 Å². The van der Waals surface area contributed by atoms with Crippen LogP contribution in [-0.2, 0) is 11.3 Å². The molecule has 1 fully saturated rings. The predicted octanol–water partition coefficient (Wildman–Crippen LogP) is 0.0645. The van der Waals surface area contributed by atoms with Gasteiger partial charge in [0.1, 0.15) is 0 Å². The number of carbonyl (C=O) groups is 1. The van der Waals surface area contributed by atoms with Crippen molar-refractivity contribution in [2.75, 3.05) is 18.5 Å². The molecule has 98 valence electrons. The zero-order valence-electron chi connectivity index (χ0n) is 10.5. The second-order valence-electron chi connectivity index (χ2n) is 5.07. The molecule has 18 heavy (non-hydrogen) atoms. The Bertz CT molecular complexity index is 450. The molecule has 2 rings (SSSR count). The summed E-state index contributed by atoms with van der Waals surface area (Å²) in [6.45, 7) is 4.17. The molecule has 0 bridgehead atoms. The Morgan fingerprint density at radius 3 is 3.06 bits per heavy atom. The van der Waals surface area contributed by atoms with Gasteiger partial charge in [-0.25, -0.2) is 0 Å². The van der Waals surface area contributed by atoms with Crippen molar-refractivity contribution in [3.05, 3.63) is 24.0 Å². The fourth-order valence-corrected chi connectivity index (χ4v) is 2.28. The number of nitrogens with one attached hydrogen (secondary N) is 1. The smallest absolute Gasteiger partial charge is 0.224 e. The van der Waals surface area contributed by atoms with Crippen LogP contribution in [0.15, 0.2) is 18.3 Å². The number of hydrogen-bond donors (Lipinski definition) is 3. The molecule has 1 atom stereocenters. The van der Waals surface area contributed by atoms with E-state index in [0.29, 0.717) is 13.1 Å². The van der Waals surface area contributed by atoms with Crippen LogP contribution in [0, 0.1) is 5.41 Å². The number of rotatable bonds is 4. The van der Waals surface area contributed by atoms with Crippen LogP contribution < -0.4 is 17.0 Å². The molecule has 1 aromatic heterocycles. The van der Waals surface area contributed by atoms with Gasteiger partial charge in [0.15, 0.2) is 0 Å². The highest BCUT2D eigenvalue weighted by molar-refractivity contribution is 5.81. The highest BCUT2D eigenvalue weighted by Crippen LogP contribution is 2.30. The van der Waals surface area contributed by atoms with Gasteiger partial charge in [0.25, 0.3) is 0 Å². The topological polar surface area (TPSA) is 97.3 Å². The highest BCUT2D eigenvalue weighted by atomic mass is 16.1. The number of pyridine rings is 1. The van der Waals surface area contributed by atoms with Crippen molar-refractivity contribution in [3.8, 4) is 0 Å². The second kappa shape index (κ2) is 4.91. The number of likely N-dealkylation sites (tertiary alicyclic amines) is 1. The van der Waals surface area contributed by atoms with Crippen molar-refractivity contribution in [3.63, 3.8) is 0 Å². The van der Waals surface area contributed by atoms with Crippen molar-refractivity contribution in [2.45, 2.75) is 19.9 Å². The van der Waals surface area contributed by atoms with Crippen LogP contribution in [-0.4, -0.2) is 28.9 Å². The molecule has 1 aliphatic rings. The van der Waals surface area contributed by atoms with Crippen LogP contribution in [0.1, 0.15) is 19.0 Å². The number of carbonyl (C=O) groups excluding carboxylic acids is 1. The van der Waals surface area contributed by atoms with E-state index in [2.05, 4.69) is 15.3 Å². The Kier molecular flexibility index (Phi) is 3.49. The van der Waals surface area contributed by atoms with E-state index < -0.39 is 5.41 Å². The SMILES string of the molecule is CC1(C(N)=O)CCN(Cc2cc(NN)ccn2)C1. The quantitative estimate of drug-likeness (QED) is 0.518. The molecule has 1 aromatic rings. The molecule has 0 spiro atoms. The molecule has 6 heteroatoms. The van der Waals surface area contributed by atoms with E-state index in [1.165, 1.54) is 0 Å². The monoisotopic (exact) mass is 249 g/mol. The first-order valence-corrected chi connectivity index (χ1v) is 5.97. The fraction of sp³-hybridized carbons (Fsp3) is 0.500. The molecule has 2 heterocycles. The maximum Gasteiger partial charge on any atom is 0.224 e. The first-order chi connectivity index (χ1) is 8.53. The first-order valence-electron chi connectivity index (χ1n) is 5.97. The minimum absolute atomic E-state index is 0.227. The standard InChI is InChI=1S/C12H19N5O/c1-12(11(13)18)3-5-17(8-12)7-10-6-9(16-14)2-4-15-10/h2,4,6H,3,5,7-8,14H2,1H3,(H2,13,18)(H,15,16). The number of primary amides is 1. The summed E-state index contributed by atoms with van der Waals surface area (Å²) in [4.78, 5) is 17.9. The van der Waals surface area contributed by atoms with Gasteiger partial charge in [-0.2, -0.15) is 0 Å². The Morgan fingerprint density at radius 1 is 1.67 bits per heavy atom. The van der Waals surface area contributed by atoms with E-state index >= 15 is 0 Å². The molecular formula is C12H19N5O. The number of hydrogen-bond acceptors (Lipinski definition) is 5. The number of hydrazine groups is 1. The fourth-order valence-electron chi connectivity index (χ4n) is 2.28. The maximum absolute atomic E-state index is 11.4. The van der Waals surface area contributed by atoms with Crippen molar-refractivity contribution in [1.82, 2.24) is 9.88 Å². The van der Waals surface area contributed by atoms with E-state index in [4.69, 9.17) is 11.6 Å². The van der Waals surface area contributed by atoms with Gasteiger partial charge in [-0.05, 0) is 32.0 Å². The van der Waals surface area contributed by atoms with Gasteiger partial charge < -0.3 is 11.2 Å². The third-order valence-electron chi connectivity index (χ3n) is 3.52. The molecule has 0 radical (unpaired) electrons. The largest absolute Gasteiger partial charge is 0.369 e. The summed E-state index contributed by atoms with van der Waals surface area (Å²) in [6, 6.07) is 3.71. The van der Waals surface area contributed by atoms with E-state index in [1.807, 2.05) is 13.0 Å². The van der Waals surface area contributed by atoms with Gasteiger partial charge in [0.2, 0.25) is 5.91 Å². The number of aromatic nitrogens is 1.